The van der Waals surface area contributed by atoms with Gasteiger partial charge in [-0.15, -0.1) is 0 Å². The molecular formula is C11H16FNO2S. The second-order valence-corrected chi connectivity index (χ2v) is 5.86. The van der Waals surface area contributed by atoms with Crippen LogP contribution in [0, 0.1) is 5.82 Å². The first-order valence-corrected chi connectivity index (χ1v) is 6.77. The van der Waals surface area contributed by atoms with Crippen LogP contribution in [0.2, 0.25) is 0 Å². The maximum Gasteiger partial charge on any atom is 0.183 e. The van der Waals surface area contributed by atoms with Crippen molar-refractivity contribution in [1.82, 2.24) is 0 Å². The number of nitrogen functional groups attached to an aromatic ring is 1. The molecule has 0 bridgehead atoms. The highest BCUT2D eigenvalue weighted by atomic mass is 32.2. The lowest BCUT2D eigenvalue weighted by atomic mass is 10.3. The molecule has 1 rings (SSSR count). The Balaban J connectivity index is 3.27. The number of hydrogen-bond donors (Lipinski definition) is 1. The molecule has 90 valence electrons. The number of benzene rings is 1. The molecule has 1 aromatic rings. The molecule has 1 aromatic carbocycles. The van der Waals surface area contributed by atoms with Crippen LogP contribution in [0.15, 0.2) is 23.1 Å². The lowest BCUT2D eigenvalue weighted by Gasteiger charge is -2.15. The molecule has 5 heteroatoms. The van der Waals surface area contributed by atoms with Gasteiger partial charge in [0.1, 0.15) is 5.82 Å². The maximum absolute atomic E-state index is 12.8. The summed E-state index contributed by atoms with van der Waals surface area (Å²) in [5.74, 6) is -0.527. The Morgan fingerprint density at radius 3 is 2.31 bits per heavy atom. The van der Waals surface area contributed by atoms with Gasteiger partial charge >= 0.3 is 0 Å². The van der Waals surface area contributed by atoms with Gasteiger partial charge in [0, 0.05) is 0 Å². The molecule has 16 heavy (non-hydrogen) atoms. The summed E-state index contributed by atoms with van der Waals surface area (Å²) in [5.41, 5.74) is 5.51. The van der Waals surface area contributed by atoms with E-state index in [1.165, 1.54) is 6.07 Å². The minimum absolute atomic E-state index is 0.0214. The topological polar surface area (TPSA) is 60.2 Å². The molecule has 0 amide bonds. The van der Waals surface area contributed by atoms with Gasteiger partial charge in [0.05, 0.1) is 15.8 Å². The summed E-state index contributed by atoms with van der Waals surface area (Å²) in [6.07, 6.45) is 1.05. The molecule has 0 heterocycles. The number of hydrogen-bond acceptors (Lipinski definition) is 3. The van der Waals surface area contributed by atoms with Crippen LogP contribution in [0.25, 0.3) is 0 Å². The SMILES string of the molecule is CCC(CC)S(=O)(=O)c1ccc(F)cc1N. The Labute approximate surface area is 95.4 Å². The van der Waals surface area contributed by atoms with E-state index >= 15 is 0 Å². The minimum Gasteiger partial charge on any atom is -0.398 e. The molecule has 0 atom stereocenters. The molecule has 0 aliphatic carbocycles. The Morgan fingerprint density at radius 1 is 1.31 bits per heavy atom. The van der Waals surface area contributed by atoms with Crippen LogP contribution in [0.3, 0.4) is 0 Å². The van der Waals surface area contributed by atoms with Gasteiger partial charge in [0.15, 0.2) is 9.84 Å². The number of anilines is 1. The number of sulfone groups is 1. The van der Waals surface area contributed by atoms with E-state index in [0.29, 0.717) is 12.8 Å². The molecule has 0 spiro atoms. The molecule has 2 N–H and O–H groups in total. The summed E-state index contributed by atoms with van der Waals surface area (Å²) in [7, 11) is -3.44. The van der Waals surface area contributed by atoms with Gasteiger partial charge in [-0.3, -0.25) is 0 Å². The Morgan fingerprint density at radius 2 is 1.88 bits per heavy atom. The van der Waals surface area contributed by atoms with Gasteiger partial charge in [-0.1, -0.05) is 13.8 Å². The normalized spacial score (nSPS) is 12.0. The highest BCUT2D eigenvalue weighted by molar-refractivity contribution is 7.92. The van der Waals surface area contributed by atoms with Crippen LogP contribution in [0.5, 0.6) is 0 Å². The van der Waals surface area contributed by atoms with Crippen molar-refractivity contribution >= 4 is 15.5 Å². The van der Waals surface area contributed by atoms with Crippen molar-refractivity contribution in [2.75, 3.05) is 5.73 Å². The van der Waals surface area contributed by atoms with Crippen LogP contribution < -0.4 is 5.73 Å². The molecule has 0 fully saturated rings. The fraction of sp³-hybridized carbons (Fsp3) is 0.455. The molecule has 0 aromatic heterocycles. The standard InChI is InChI=1S/C11H16FNO2S/c1-3-9(4-2)16(14,15)11-6-5-8(12)7-10(11)13/h5-7,9H,3-4,13H2,1-2H3. The Hall–Kier alpha value is -1.10. The van der Waals surface area contributed by atoms with Gasteiger partial charge < -0.3 is 5.73 Å². The third kappa shape index (κ3) is 2.35. The van der Waals surface area contributed by atoms with E-state index in [2.05, 4.69) is 0 Å². The summed E-state index contributed by atoms with van der Waals surface area (Å²) in [6.45, 7) is 3.62. The second kappa shape index (κ2) is 4.82. The lowest BCUT2D eigenvalue weighted by molar-refractivity contribution is 0.571. The predicted octanol–water partition coefficient (Wildman–Crippen LogP) is 2.37. The third-order valence-electron chi connectivity index (χ3n) is 2.63. The zero-order chi connectivity index (χ0) is 12.3. The molecule has 3 nitrogen and oxygen atoms in total. The first-order valence-electron chi connectivity index (χ1n) is 5.22. The van der Waals surface area contributed by atoms with Gasteiger partial charge in [-0.05, 0) is 31.0 Å². The molecule has 0 aliphatic heterocycles. The van der Waals surface area contributed by atoms with Crippen LogP contribution in [0.4, 0.5) is 10.1 Å². The van der Waals surface area contributed by atoms with Gasteiger partial charge in [-0.2, -0.15) is 0 Å². The quantitative estimate of drug-likeness (QED) is 0.654. The number of nitrogens with two attached hydrogens (primary N) is 1. The van der Waals surface area contributed by atoms with Crippen molar-refractivity contribution in [2.45, 2.75) is 36.8 Å². The fourth-order valence-electron chi connectivity index (χ4n) is 1.69. The van der Waals surface area contributed by atoms with Crippen molar-refractivity contribution in [3.63, 3.8) is 0 Å². The molecule has 0 saturated carbocycles. The first-order chi connectivity index (χ1) is 7.43. The summed E-state index contributed by atoms with van der Waals surface area (Å²) in [4.78, 5) is 0.0302. The maximum atomic E-state index is 12.8. The number of halogens is 1. The summed E-state index contributed by atoms with van der Waals surface area (Å²) >= 11 is 0. The van der Waals surface area contributed by atoms with Crippen LogP contribution in [0.1, 0.15) is 26.7 Å². The van der Waals surface area contributed by atoms with Crippen molar-refractivity contribution < 1.29 is 12.8 Å². The van der Waals surface area contributed by atoms with Crippen molar-refractivity contribution in [2.24, 2.45) is 0 Å². The summed E-state index contributed by atoms with van der Waals surface area (Å²) in [5, 5.41) is -0.458. The molecule has 0 unspecified atom stereocenters. The van der Waals surface area contributed by atoms with E-state index in [0.717, 1.165) is 12.1 Å². The Bertz CT molecular complexity index is 467. The van der Waals surface area contributed by atoms with Crippen molar-refractivity contribution in [3.8, 4) is 0 Å². The molecule has 0 saturated heterocycles. The molecular weight excluding hydrogens is 229 g/mol. The monoisotopic (exact) mass is 245 g/mol. The predicted molar refractivity (Wildman–Crippen MR) is 62.4 cm³/mol. The van der Waals surface area contributed by atoms with E-state index in [9.17, 15) is 12.8 Å². The lowest BCUT2D eigenvalue weighted by Crippen LogP contribution is -2.21. The van der Waals surface area contributed by atoms with E-state index in [1.54, 1.807) is 0 Å². The zero-order valence-electron chi connectivity index (χ0n) is 9.40. The van der Waals surface area contributed by atoms with E-state index in [1.807, 2.05) is 13.8 Å². The Kier molecular flexibility index (Phi) is 3.91. The highest BCUT2D eigenvalue weighted by Crippen LogP contribution is 2.26. The van der Waals surface area contributed by atoms with Crippen LogP contribution in [-0.2, 0) is 9.84 Å². The van der Waals surface area contributed by atoms with E-state index in [-0.39, 0.29) is 10.6 Å². The first kappa shape index (κ1) is 13.0. The third-order valence-corrected chi connectivity index (χ3v) is 5.16. The van der Waals surface area contributed by atoms with Gasteiger partial charge in [0.25, 0.3) is 0 Å². The second-order valence-electron chi connectivity index (χ2n) is 3.67. The smallest absolute Gasteiger partial charge is 0.183 e. The zero-order valence-corrected chi connectivity index (χ0v) is 10.2. The van der Waals surface area contributed by atoms with E-state index in [4.69, 9.17) is 5.73 Å². The summed E-state index contributed by atoms with van der Waals surface area (Å²) in [6, 6.07) is 3.39. The van der Waals surface area contributed by atoms with Crippen LogP contribution in [-0.4, -0.2) is 13.7 Å². The van der Waals surface area contributed by atoms with Gasteiger partial charge in [0.2, 0.25) is 0 Å². The van der Waals surface area contributed by atoms with Crippen molar-refractivity contribution in [1.29, 1.82) is 0 Å². The highest BCUT2D eigenvalue weighted by Gasteiger charge is 2.26. The van der Waals surface area contributed by atoms with Crippen LogP contribution >= 0.6 is 0 Å². The number of rotatable bonds is 4. The largest absolute Gasteiger partial charge is 0.398 e. The minimum atomic E-state index is -3.44. The fourth-order valence-corrected chi connectivity index (χ4v) is 3.57. The molecule has 0 aliphatic rings. The van der Waals surface area contributed by atoms with Gasteiger partial charge in [-0.25, -0.2) is 12.8 Å². The summed E-state index contributed by atoms with van der Waals surface area (Å²) < 4.78 is 37.1. The van der Waals surface area contributed by atoms with Crippen molar-refractivity contribution in [3.05, 3.63) is 24.0 Å². The average Bonchev–Trinajstić information content (AvgIpc) is 2.18. The van der Waals surface area contributed by atoms with E-state index < -0.39 is 20.9 Å². The molecule has 0 radical (unpaired) electrons. The average molecular weight is 245 g/mol.